The van der Waals surface area contributed by atoms with Crippen LogP contribution in [0.2, 0.25) is 0 Å². The van der Waals surface area contributed by atoms with Crippen LogP contribution < -0.4 is 16.0 Å². The van der Waals surface area contributed by atoms with E-state index in [1.807, 2.05) is 0 Å². The van der Waals surface area contributed by atoms with Gasteiger partial charge in [-0.15, -0.1) is 0 Å². The zero-order valence-electron chi connectivity index (χ0n) is 10.7. The lowest BCUT2D eigenvalue weighted by atomic mass is 10.2. The van der Waals surface area contributed by atoms with Crippen LogP contribution in [0.1, 0.15) is 0 Å². The minimum atomic E-state index is -4.34. The number of benzene rings is 1. The zero-order valence-corrected chi connectivity index (χ0v) is 11.5. The summed E-state index contributed by atoms with van der Waals surface area (Å²) in [5, 5.41) is 7.87. The number of alkyl halides is 3. The number of hydrogen-bond acceptors (Lipinski definition) is 4. The van der Waals surface area contributed by atoms with Crippen molar-refractivity contribution in [2.24, 2.45) is 0 Å². The lowest BCUT2D eigenvalue weighted by Gasteiger charge is -2.23. The van der Waals surface area contributed by atoms with Crippen LogP contribution >= 0.6 is 11.8 Å². The first-order chi connectivity index (χ1) is 9.83. The second-order valence-electron chi connectivity index (χ2n) is 4.30. The van der Waals surface area contributed by atoms with Crippen LogP contribution in [0.3, 0.4) is 0 Å². The Hall–Kier alpha value is -1.74. The van der Waals surface area contributed by atoms with Crippen LogP contribution in [0, 0.1) is 0 Å². The highest BCUT2D eigenvalue weighted by molar-refractivity contribution is 8.00. The fourth-order valence-corrected chi connectivity index (χ4v) is 2.26. The second kappa shape index (κ2) is 6.35. The van der Waals surface area contributed by atoms with Crippen molar-refractivity contribution in [2.45, 2.75) is 16.4 Å². The van der Waals surface area contributed by atoms with Crippen LogP contribution in [-0.2, 0) is 9.59 Å². The highest BCUT2D eigenvalue weighted by Crippen LogP contribution is 2.36. The van der Waals surface area contributed by atoms with Gasteiger partial charge >= 0.3 is 5.51 Å². The van der Waals surface area contributed by atoms with Gasteiger partial charge in [0, 0.05) is 17.1 Å². The highest BCUT2D eigenvalue weighted by atomic mass is 32.2. The van der Waals surface area contributed by atoms with Crippen LogP contribution in [0.5, 0.6) is 0 Å². The van der Waals surface area contributed by atoms with Crippen molar-refractivity contribution in [1.82, 2.24) is 10.6 Å². The monoisotopic (exact) mass is 319 g/mol. The van der Waals surface area contributed by atoms with E-state index in [1.54, 1.807) is 0 Å². The van der Waals surface area contributed by atoms with E-state index in [-0.39, 0.29) is 41.6 Å². The number of rotatable bonds is 3. The maximum Gasteiger partial charge on any atom is 0.446 e. The van der Waals surface area contributed by atoms with Gasteiger partial charge in [0.1, 0.15) is 6.04 Å². The Morgan fingerprint density at radius 1 is 1.29 bits per heavy atom. The summed E-state index contributed by atoms with van der Waals surface area (Å²) >= 11 is -0.216. The zero-order chi connectivity index (χ0) is 15.5. The van der Waals surface area contributed by atoms with E-state index in [0.717, 1.165) is 0 Å². The molecule has 1 heterocycles. The molecule has 0 aromatic heterocycles. The Morgan fingerprint density at radius 3 is 2.48 bits per heavy atom. The first-order valence-corrected chi connectivity index (χ1v) is 6.82. The summed E-state index contributed by atoms with van der Waals surface area (Å²) in [6.07, 6.45) is 0. The number of anilines is 1. The van der Waals surface area contributed by atoms with Gasteiger partial charge in [-0.25, -0.2) is 0 Å². The molecule has 9 heteroatoms. The number of carbonyl (C=O) groups is 2. The van der Waals surface area contributed by atoms with Gasteiger partial charge in [-0.1, -0.05) is 0 Å². The number of amides is 2. The Morgan fingerprint density at radius 2 is 1.95 bits per heavy atom. The molecule has 2 rings (SSSR count). The van der Waals surface area contributed by atoms with Crippen LogP contribution in [-0.4, -0.2) is 36.5 Å². The van der Waals surface area contributed by atoms with E-state index in [0.29, 0.717) is 5.69 Å². The lowest BCUT2D eigenvalue weighted by molar-refractivity contribution is -0.124. The van der Waals surface area contributed by atoms with Crippen molar-refractivity contribution in [3.05, 3.63) is 24.3 Å². The molecule has 0 saturated carbocycles. The molecule has 0 radical (unpaired) electrons. The first-order valence-electron chi connectivity index (χ1n) is 6.00. The molecule has 5 nitrogen and oxygen atoms in total. The fraction of sp³-hybridized carbons (Fsp3) is 0.333. The van der Waals surface area contributed by atoms with E-state index in [4.69, 9.17) is 0 Å². The molecular weight excluding hydrogens is 307 g/mol. The van der Waals surface area contributed by atoms with E-state index in [2.05, 4.69) is 16.0 Å². The molecule has 1 aromatic carbocycles. The normalized spacial score (nSPS) is 19.0. The minimum absolute atomic E-state index is 0.0450. The predicted octanol–water partition coefficient (Wildman–Crippen LogP) is 1.32. The molecule has 1 aliphatic rings. The van der Waals surface area contributed by atoms with Crippen molar-refractivity contribution in [2.75, 3.05) is 18.4 Å². The van der Waals surface area contributed by atoms with Gasteiger partial charge in [-0.3, -0.25) is 14.9 Å². The summed E-state index contributed by atoms with van der Waals surface area (Å²) in [6.45, 7) is 0.228. The fourth-order valence-electron chi connectivity index (χ4n) is 1.72. The molecule has 21 heavy (non-hydrogen) atoms. The molecule has 1 atom stereocenters. The van der Waals surface area contributed by atoms with Crippen LogP contribution in [0.25, 0.3) is 0 Å². The molecule has 0 bridgehead atoms. The number of carbonyl (C=O) groups excluding carboxylic acids is 2. The van der Waals surface area contributed by atoms with Crippen molar-refractivity contribution < 1.29 is 22.8 Å². The summed E-state index contributed by atoms with van der Waals surface area (Å²) in [6, 6.07) is 4.79. The first kappa shape index (κ1) is 15.6. The number of piperazine rings is 1. The number of halogens is 3. The van der Waals surface area contributed by atoms with E-state index in [1.165, 1.54) is 24.3 Å². The molecule has 0 spiro atoms. The van der Waals surface area contributed by atoms with Gasteiger partial charge in [-0.2, -0.15) is 13.2 Å². The molecule has 3 N–H and O–H groups in total. The van der Waals surface area contributed by atoms with Gasteiger partial charge in [0.05, 0.1) is 6.54 Å². The number of hydrogen-bond donors (Lipinski definition) is 3. The van der Waals surface area contributed by atoms with E-state index in [9.17, 15) is 22.8 Å². The third-order valence-corrected chi connectivity index (χ3v) is 3.42. The molecule has 0 aliphatic carbocycles. The Bertz CT molecular complexity index is 524. The molecule has 114 valence electrons. The van der Waals surface area contributed by atoms with Crippen LogP contribution in [0.15, 0.2) is 29.2 Å². The smallest absolute Gasteiger partial charge is 0.353 e. The standard InChI is InChI=1S/C12H12F3N3O2S/c13-12(14,15)21-8-3-1-7(2-4-8)18-11(20)9-5-17-10(19)6-16-9/h1-4,9,16H,5-6H2,(H,17,19)(H,18,20). The Balaban J connectivity index is 1.91. The molecule has 1 aliphatic heterocycles. The average Bonchev–Trinajstić information content (AvgIpc) is 2.40. The third-order valence-electron chi connectivity index (χ3n) is 2.68. The van der Waals surface area contributed by atoms with E-state index >= 15 is 0 Å². The van der Waals surface area contributed by atoms with E-state index < -0.39 is 11.6 Å². The second-order valence-corrected chi connectivity index (χ2v) is 5.44. The van der Waals surface area contributed by atoms with Crippen molar-refractivity contribution in [1.29, 1.82) is 0 Å². The van der Waals surface area contributed by atoms with Crippen molar-refractivity contribution >= 4 is 29.3 Å². The van der Waals surface area contributed by atoms with Gasteiger partial charge in [0.25, 0.3) is 0 Å². The van der Waals surface area contributed by atoms with Gasteiger partial charge in [0.2, 0.25) is 11.8 Å². The van der Waals surface area contributed by atoms with Crippen molar-refractivity contribution in [3.63, 3.8) is 0 Å². The third kappa shape index (κ3) is 4.94. The summed E-state index contributed by atoms with van der Waals surface area (Å²) in [5.74, 6) is -0.543. The SMILES string of the molecule is O=C1CNC(C(=O)Nc2ccc(SC(F)(F)F)cc2)CN1. The largest absolute Gasteiger partial charge is 0.446 e. The quantitative estimate of drug-likeness (QED) is 0.735. The Kier molecular flexibility index (Phi) is 4.73. The van der Waals surface area contributed by atoms with Crippen LogP contribution in [0.4, 0.5) is 18.9 Å². The molecular formula is C12H12F3N3O2S. The van der Waals surface area contributed by atoms with Gasteiger partial charge in [0.15, 0.2) is 0 Å². The lowest BCUT2D eigenvalue weighted by Crippen LogP contribution is -2.56. The maximum atomic E-state index is 12.2. The molecule has 2 amide bonds. The predicted molar refractivity (Wildman–Crippen MR) is 71.8 cm³/mol. The van der Waals surface area contributed by atoms with Crippen molar-refractivity contribution in [3.8, 4) is 0 Å². The summed E-state index contributed by atoms with van der Waals surface area (Å²) in [4.78, 5) is 22.9. The summed E-state index contributed by atoms with van der Waals surface area (Å²) in [7, 11) is 0. The van der Waals surface area contributed by atoms with Gasteiger partial charge in [-0.05, 0) is 36.0 Å². The average molecular weight is 319 g/mol. The van der Waals surface area contributed by atoms with Gasteiger partial charge < -0.3 is 10.6 Å². The summed E-state index contributed by atoms with van der Waals surface area (Å²) < 4.78 is 36.5. The molecule has 1 fully saturated rings. The maximum absolute atomic E-state index is 12.2. The molecule has 1 saturated heterocycles. The molecule has 1 aromatic rings. The topological polar surface area (TPSA) is 70.2 Å². The Labute approximate surface area is 122 Å². The summed E-state index contributed by atoms with van der Waals surface area (Å²) in [5.41, 5.74) is -3.94. The number of nitrogens with one attached hydrogen (secondary N) is 3. The minimum Gasteiger partial charge on any atom is -0.353 e. The molecule has 1 unspecified atom stereocenters. The number of thioether (sulfide) groups is 1. The highest BCUT2D eigenvalue weighted by Gasteiger charge is 2.29.